The molecule has 0 radical (unpaired) electrons. The van der Waals surface area contributed by atoms with Gasteiger partial charge in [0.2, 0.25) is 5.91 Å². The summed E-state index contributed by atoms with van der Waals surface area (Å²) in [6.07, 6.45) is -0.407. The predicted octanol–water partition coefficient (Wildman–Crippen LogP) is 4.84. The number of aryl methyl sites for hydroxylation is 1. The topological polar surface area (TPSA) is 96.0 Å². The molecular formula is C23H23F3N6O2S. The highest BCUT2D eigenvalue weighted by molar-refractivity contribution is 7.19. The number of benzene rings is 1. The summed E-state index contributed by atoms with van der Waals surface area (Å²) in [5.41, 5.74) is 2.67. The number of amides is 1. The highest BCUT2D eigenvalue weighted by atomic mass is 32.1. The molecule has 5 rings (SSSR count). The molecule has 1 aromatic carbocycles. The predicted molar refractivity (Wildman–Crippen MR) is 127 cm³/mol. The number of carbonyl (C=O) groups is 1. The van der Waals surface area contributed by atoms with Gasteiger partial charge in [0, 0.05) is 35.8 Å². The molecule has 0 fully saturated rings. The number of halogens is 3. The molecule has 4 aromatic rings. The van der Waals surface area contributed by atoms with E-state index in [2.05, 4.69) is 25.5 Å². The van der Waals surface area contributed by atoms with Crippen LogP contribution < -0.4 is 10.1 Å². The van der Waals surface area contributed by atoms with E-state index in [0.717, 1.165) is 37.2 Å². The van der Waals surface area contributed by atoms with Crippen LogP contribution in [0.15, 0.2) is 24.7 Å². The first-order chi connectivity index (χ1) is 16.7. The standard InChI is InChI=1S/C23H23F3N6O2S/c1-32(6-5-23(24,25)26)22(33)12-3-4-14-18(8-12)35-21-19(14)20(27-11-28-21)30-16-7-13-10-29-31-15(13)9-17(16)34-2/h7,9-12H,3-6,8H2,1-2H3,(H,29,31)(H,27,28,30)/t12-/m0/s1. The van der Waals surface area contributed by atoms with Gasteiger partial charge in [-0.1, -0.05) is 0 Å². The molecule has 1 atom stereocenters. The summed E-state index contributed by atoms with van der Waals surface area (Å²) in [6.45, 7) is -0.333. The minimum atomic E-state index is -4.29. The van der Waals surface area contributed by atoms with E-state index in [1.165, 1.54) is 29.6 Å². The quantitative estimate of drug-likeness (QED) is 0.390. The molecule has 1 aliphatic rings. The van der Waals surface area contributed by atoms with Crippen molar-refractivity contribution >= 4 is 49.9 Å². The van der Waals surface area contributed by atoms with Crippen molar-refractivity contribution < 1.29 is 22.7 Å². The molecule has 0 saturated carbocycles. The van der Waals surface area contributed by atoms with Crippen molar-refractivity contribution in [2.75, 3.05) is 26.0 Å². The molecule has 3 heterocycles. The van der Waals surface area contributed by atoms with Crippen LogP contribution in [0.3, 0.4) is 0 Å². The molecule has 184 valence electrons. The van der Waals surface area contributed by atoms with Gasteiger partial charge in [0.25, 0.3) is 0 Å². The van der Waals surface area contributed by atoms with Gasteiger partial charge < -0.3 is 15.0 Å². The maximum atomic E-state index is 12.8. The fraction of sp³-hybridized carbons (Fsp3) is 0.391. The van der Waals surface area contributed by atoms with Gasteiger partial charge in [-0.05, 0) is 30.9 Å². The second-order valence-corrected chi connectivity index (χ2v) is 9.69. The van der Waals surface area contributed by atoms with Gasteiger partial charge in [0.05, 0.1) is 36.3 Å². The van der Waals surface area contributed by atoms with Crippen LogP contribution >= 0.6 is 11.3 Å². The lowest BCUT2D eigenvalue weighted by Gasteiger charge is -2.27. The minimum absolute atomic E-state index is 0.250. The number of carbonyl (C=O) groups excluding carboxylic acids is 1. The van der Waals surface area contributed by atoms with Crippen molar-refractivity contribution in [3.8, 4) is 5.75 Å². The van der Waals surface area contributed by atoms with E-state index < -0.39 is 12.6 Å². The van der Waals surface area contributed by atoms with Crippen molar-refractivity contribution in [2.24, 2.45) is 5.92 Å². The Morgan fingerprint density at radius 1 is 1.34 bits per heavy atom. The number of aromatic amines is 1. The van der Waals surface area contributed by atoms with Gasteiger partial charge in [-0.15, -0.1) is 11.3 Å². The number of nitrogens with one attached hydrogen (secondary N) is 2. The van der Waals surface area contributed by atoms with Gasteiger partial charge in [-0.2, -0.15) is 18.3 Å². The Morgan fingerprint density at radius 2 is 2.17 bits per heavy atom. The molecule has 2 N–H and O–H groups in total. The van der Waals surface area contributed by atoms with E-state index in [1.54, 1.807) is 13.3 Å². The summed E-state index contributed by atoms with van der Waals surface area (Å²) in [5.74, 6) is 0.674. The van der Waals surface area contributed by atoms with Crippen LogP contribution in [-0.2, 0) is 17.6 Å². The van der Waals surface area contributed by atoms with E-state index in [4.69, 9.17) is 4.74 Å². The lowest BCUT2D eigenvalue weighted by atomic mass is 9.87. The van der Waals surface area contributed by atoms with Crippen LogP contribution in [0.1, 0.15) is 23.3 Å². The van der Waals surface area contributed by atoms with Gasteiger partial charge in [0.15, 0.2) is 0 Å². The smallest absolute Gasteiger partial charge is 0.390 e. The highest BCUT2D eigenvalue weighted by Crippen LogP contribution is 2.42. The third-order valence-corrected chi connectivity index (χ3v) is 7.48. The Morgan fingerprint density at radius 3 is 2.94 bits per heavy atom. The Labute approximate surface area is 202 Å². The van der Waals surface area contributed by atoms with Crippen molar-refractivity contribution in [3.05, 3.63) is 35.1 Å². The molecule has 0 spiro atoms. The number of nitrogens with zero attached hydrogens (tertiary/aromatic N) is 4. The van der Waals surface area contributed by atoms with Gasteiger partial charge in [0.1, 0.15) is 22.7 Å². The van der Waals surface area contributed by atoms with Crippen LogP contribution in [-0.4, -0.2) is 57.9 Å². The molecule has 0 bridgehead atoms. The van der Waals surface area contributed by atoms with Crippen molar-refractivity contribution in [1.82, 2.24) is 25.1 Å². The molecule has 0 unspecified atom stereocenters. The summed E-state index contributed by atoms with van der Waals surface area (Å²) < 4.78 is 43.3. The lowest BCUT2D eigenvalue weighted by Crippen LogP contribution is -2.37. The summed E-state index contributed by atoms with van der Waals surface area (Å²) in [6, 6.07) is 3.79. The van der Waals surface area contributed by atoms with Crippen LogP contribution in [0, 0.1) is 5.92 Å². The average Bonchev–Trinajstić information content (AvgIpc) is 3.44. The van der Waals surface area contributed by atoms with Crippen molar-refractivity contribution in [3.63, 3.8) is 0 Å². The molecule has 1 amide bonds. The largest absolute Gasteiger partial charge is 0.494 e. The zero-order chi connectivity index (χ0) is 24.7. The maximum absolute atomic E-state index is 12.8. The fourth-order valence-corrected chi connectivity index (χ4v) is 5.76. The average molecular weight is 505 g/mol. The second-order valence-electron chi connectivity index (χ2n) is 8.61. The summed E-state index contributed by atoms with van der Waals surface area (Å²) in [7, 11) is 3.03. The van der Waals surface area contributed by atoms with E-state index in [-0.39, 0.29) is 18.4 Å². The Balaban J connectivity index is 1.41. The Hall–Kier alpha value is -3.41. The number of hydrogen-bond donors (Lipinski definition) is 2. The van der Waals surface area contributed by atoms with E-state index in [9.17, 15) is 18.0 Å². The van der Waals surface area contributed by atoms with Crippen LogP contribution in [0.2, 0.25) is 0 Å². The Bertz CT molecular complexity index is 1400. The monoisotopic (exact) mass is 504 g/mol. The first-order valence-corrected chi connectivity index (χ1v) is 11.9. The summed E-state index contributed by atoms with van der Waals surface area (Å²) in [4.78, 5) is 24.7. The molecule has 12 heteroatoms. The SMILES string of the molecule is COc1cc2[nH]ncc2cc1Nc1ncnc2sc3c(c12)CC[C@H](C(=O)N(C)CCC(F)(F)F)C3. The molecule has 0 saturated heterocycles. The fourth-order valence-electron chi connectivity index (χ4n) is 4.50. The van der Waals surface area contributed by atoms with Gasteiger partial charge in [-0.25, -0.2) is 9.97 Å². The number of fused-ring (bicyclic) bond motifs is 4. The third kappa shape index (κ3) is 4.62. The first kappa shape index (κ1) is 23.3. The van der Waals surface area contributed by atoms with Crippen molar-refractivity contribution in [1.29, 1.82) is 0 Å². The second kappa shape index (κ2) is 8.99. The maximum Gasteiger partial charge on any atom is 0.390 e. The Kier molecular flexibility index (Phi) is 5.99. The van der Waals surface area contributed by atoms with E-state index in [1.807, 2.05) is 12.1 Å². The first-order valence-electron chi connectivity index (χ1n) is 11.1. The molecule has 8 nitrogen and oxygen atoms in total. The third-order valence-electron chi connectivity index (χ3n) is 6.31. The zero-order valence-corrected chi connectivity index (χ0v) is 19.9. The normalized spacial score (nSPS) is 15.9. The molecular weight excluding hydrogens is 481 g/mol. The van der Waals surface area contributed by atoms with Gasteiger partial charge >= 0.3 is 6.18 Å². The highest BCUT2D eigenvalue weighted by Gasteiger charge is 2.33. The van der Waals surface area contributed by atoms with Crippen LogP contribution in [0.25, 0.3) is 21.1 Å². The van der Waals surface area contributed by atoms with E-state index >= 15 is 0 Å². The number of alkyl halides is 3. The number of aromatic nitrogens is 4. The number of ether oxygens (including phenoxy) is 1. The number of hydrogen-bond acceptors (Lipinski definition) is 7. The number of anilines is 2. The molecule has 3 aromatic heterocycles. The number of H-pyrrole nitrogens is 1. The van der Waals surface area contributed by atoms with Gasteiger partial charge in [-0.3, -0.25) is 9.89 Å². The summed E-state index contributed by atoms with van der Waals surface area (Å²) >= 11 is 1.50. The van der Waals surface area contributed by atoms with Crippen LogP contribution in [0.5, 0.6) is 5.75 Å². The summed E-state index contributed by atoms with van der Waals surface area (Å²) in [5, 5.41) is 12.2. The number of rotatable bonds is 6. The number of methoxy groups -OCH3 is 1. The molecule has 35 heavy (non-hydrogen) atoms. The van der Waals surface area contributed by atoms with Crippen molar-refractivity contribution in [2.45, 2.75) is 31.9 Å². The lowest BCUT2D eigenvalue weighted by molar-refractivity contribution is -0.146. The van der Waals surface area contributed by atoms with Crippen LogP contribution in [0.4, 0.5) is 24.7 Å². The minimum Gasteiger partial charge on any atom is -0.494 e. The molecule has 1 aliphatic carbocycles. The van der Waals surface area contributed by atoms with E-state index in [0.29, 0.717) is 30.8 Å². The molecule has 0 aliphatic heterocycles. The number of thiophene rings is 1. The zero-order valence-electron chi connectivity index (χ0n) is 19.1.